The van der Waals surface area contributed by atoms with Gasteiger partial charge < -0.3 is 10.5 Å². The van der Waals surface area contributed by atoms with Crippen LogP contribution in [0.4, 0.5) is 0 Å². The molecule has 1 saturated carbocycles. The lowest BCUT2D eigenvalue weighted by molar-refractivity contribution is -0.145. The maximum atomic E-state index is 11.4. The second-order valence-corrected chi connectivity index (χ2v) is 4.83. The Hall–Kier alpha value is -0.570. The first-order valence-corrected chi connectivity index (χ1v) is 5.95. The fourth-order valence-electron chi connectivity index (χ4n) is 2.63. The van der Waals surface area contributed by atoms with Crippen molar-refractivity contribution < 1.29 is 9.53 Å². The summed E-state index contributed by atoms with van der Waals surface area (Å²) in [5, 5.41) is 0. The van der Waals surface area contributed by atoms with E-state index in [1.54, 1.807) is 0 Å². The Kier molecular flexibility index (Phi) is 5.09. The molecule has 0 saturated heterocycles. The van der Waals surface area contributed by atoms with Gasteiger partial charge in [0.15, 0.2) is 0 Å². The minimum Gasteiger partial charge on any atom is -0.469 e. The van der Waals surface area contributed by atoms with Crippen LogP contribution in [0.1, 0.15) is 39.0 Å². The average Bonchev–Trinajstić information content (AvgIpc) is 2.25. The molecule has 2 N–H and O–H groups in total. The lowest BCUT2D eigenvalue weighted by Gasteiger charge is -2.28. The van der Waals surface area contributed by atoms with Crippen molar-refractivity contribution in [3.05, 3.63) is 0 Å². The summed E-state index contributed by atoms with van der Waals surface area (Å²) < 4.78 is 4.75. The van der Waals surface area contributed by atoms with E-state index >= 15 is 0 Å². The van der Waals surface area contributed by atoms with Gasteiger partial charge in [-0.3, -0.25) is 4.79 Å². The van der Waals surface area contributed by atoms with Gasteiger partial charge in [0, 0.05) is 6.54 Å². The van der Waals surface area contributed by atoms with Crippen LogP contribution in [-0.4, -0.2) is 19.6 Å². The molecule has 0 amide bonds. The van der Waals surface area contributed by atoms with Crippen LogP contribution in [0.5, 0.6) is 0 Å². The Morgan fingerprint density at radius 1 is 1.53 bits per heavy atom. The monoisotopic (exact) mass is 213 g/mol. The molecule has 1 fully saturated rings. The van der Waals surface area contributed by atoms with Crippen LogP contribution in [0.25, 0.3) is 0 Å². The van der Waals surface area contributed by atoms with E-state index in [1.807, 2.05) is 0 Å². The Morgan fingerprint density at radius 3 is 2.80 bits per heavy atom. The minimum absolute atomic E-state index is 0.0923. The highest BCUT2D eigenvalue weighted by Gasteiger charge is 2.25. The number of ether oxygens (including phenoxy) is 1. The molecule has 88 valence electrons. The highest BCUT2D eigenvalue weighted by atomic mass is 16.5. The summed E-state index contributed by atoms with van der Waals surface area (Å²) in [6.45, 7) is 2.71. The van der Waals surface area contributed by atoms with Crippen LogP contribution in [0, 0.1) is 17.8 Å². The lowest BCUT2D eigenvalue weighted by atomic mass is 9.78. The molecule has 15 heavy (non-hydrogen) atoms. The molecule has 0 aromatic carbocycles. The van der Waals surface area contributed by atoms with Crippen molar-refractivity contribution in [1.82, 2.24) is 0 Å². The van der Waals surface area contributed by atoms with Gasteiger partial charge in [0.1, 0.15) is 0 Å². The summed E-state index contributed by atoms with van der Waals surface area (Å²) in [5.41, 5.74) is 5.60. The van der Waals surface area contributed by atoms with E-state index in [1.165, 1.54) is 32.8 Å². The number of nitrogens with two attached hydrogens (primary N) is 1. The molecule has 1 aliphatic carbocycles. The van der Waals surface area contributed by atoms with Crippen LogP contribution in [-0.2, 0) is 9.53 Å². The van der Waals surface area contributed by atoms with Gasteiger partial charge in [0.2, 0.25) is 0 Å². The first kappa shape index (κ1) is 12.5. The van der Waals surface area contributed by atoms with Gasteiger partial charge in [-0.05, 0) is 24.7 Å². The normalized spacial score (nSPS) is 28.5. The molecule has 3 heteroatoms. The highest BCUT2D eigenvalue weighted by molar-refractivity contribution is 5.72. The summed E-state index contributed by atoms with van der Waals surface area (Å²) in [6.07, 6.45) is 6.03. The molecule has 0 spiro atoms. The third kappa shape index (κ3) is 3.82. The fourth-order valence-corrected chi connectivity index (χ4v) is 2.63. The van der Waals surface area contributed by atoms with Crippen molar-refractivity contribution in [2.24, 2.45) is 23.5 Å². The number of methoxy groups -OCH3 is 1. The Labute approximate surface area is 92.4 Å². The summed E-state index contributed by atoms with van der Waals surface area (Å²) in [4.78, 5) is 11.4. The smallest absolute Gasteiger partial charge is 0.309 e. The van der Waals surface area contributed by atoms with E-state index in [0.29, 0.717) is 12.5 Å². The molecule has 1 rings (SSSR count). The maximum absolute atomic E-state index is 11.4. The van der Waals surface area contributed by atoms with Crippen molar-refractivity contribution in [1.29, 1.82) is 0 Å². The number of hydrogen-bond acceptors (Lipinski definition) is 3. The molecule has 0 heterocycles. The molecular formula is C12H23NO2. The van der Waals surface area contributed by atoms with Crippen molar-refractivity contribution in [3.8, 4) is 0 Å². The summed E-state index contributed by atoms with van der Waals surface area (Å²) >= 11 is 0. The molecule has 0 aliphatic heterocycles. The maximum Gasteiger partial charge on any atom is 0.309 e. The van der Waals surface area contributed by atoms with Crippen LogP contribution in [0.15, 0.2) is 0 Å². The minimum atomic E-state index is -0.143. The molecule has 0 aromatic heterocycles. The van der Waals surface area contributed by atoms with Gasteiger partial charge in [-0.25, -0.2) is 0 Å². The first-order valence-electron chi connectivity index (χ1n) is 5.95. The van der Waals surface area contributed by atoms with Crippen molar-refractivity contribution >= 4 is 5.97 Å². The predicted octanol–water partition coefficient (Wildman–Crippen LogP) is 1.95. The van der Waals surface area contributed by atoms with Gasteiger partial charge in [-0.15, -0.1) is 0 Å². The van der Waals surface area contributed by atoms with E-state index in [4.69, 9.17) is 10.5 Å². The van der Waals surface area contributed by atoms with Gasteiger partial charge in [-0.1, -0.05) is 26.2 Å². The molecular weight excluding hydrogens is 190 g/mol. The van der Waals surface area contributed by atoms with Crippen LogP contribution >= 0.6 is 0 Å². The zero-order valence-corrected chi connectivity index (χ0v) is 9.87. The first-order chi connectivity index (χ1) is 7.17. The second-order valence-electron chi connectivity index (χ2n) is 4.83. The van der Waals surface area contributed by atoms with Gasteiger partial charge >= 0.3 is 5.97 Å². The number of carbonyl (C=O) groups is 1. The SMILES string of the molecule is COC(=O)C(CN)CC1CCCC(C)C1. The Bertz CT molecular complexity index is 206. The van der Waals surface area contributed by atoms with E-state index in [0.717, 1.165) is 12.3 Å². The second kappa shape index (κ2) is 6.11. The van der Waals surface area contributed by atoms with Crippen LogP contribution < -0.4 is 5.73 Å². The number of carbonyl (C=O) groups excluding carboxylic acids is 1. The van der Waals surface area contributed by atoms with Crippen LogP contribution in [0.2, 0.25) is 0 Å². The number of esters is 1. The fraction of sp³-hybridized carbons (Fsp3) is 0.917. The van der Waals surface area contributed by atoms with Crippen LogP contribution in [0.3, 0.4) is 0 Å². The zero-order valence-electron chi connectivity index (χ0n) is 9.87. The van der Waals surface area contributed by atoms with E-state index < -0.39 is 0 Å². The zero-order chi connectivity index (χ0) is 11.3. The standard InChI is InChI=1S/C12H23NO2/c1-9-4-3-5-10(6-9)7-11(8-13)12(14)15-2/h9-11H,3-8,13H2,1-2H3. The van der Waals surface area contributed by atoms with Crippen molar-refractivity contribution in [3.63, 3.8) is 0 Å². The third-order valence-electron chi connectivity index (χ3n) is 3.48. The highest BCUT2D eigenvalue weighted by Crippen LogP contribution is 2.32. The van der Waals surface area contributed by atoms with Gasteiger partial charge in [-0.2, -0.15) is 0 Å². The summed E-state index contributed by atoms with van der Waals surface area (Å²) in [5.74, 6) is 1.24. The largest absolute Gasteiger partial charge is 0.469 e. The Morgan fingerprint density at radius 2 is 2.27 bits per heavy atom. The van der Waals surface area contributed by atoms with Crippen molar-refractivity contribution in [2.45, 2.75) is 39.0 Å². The summed E-state index contributed by atoms with van der Waals surface area (Å²) in [6, 6.07) is 0. The quantitative estimate of drug-likeness (QED) is 0.726. The molecule has 0 aromatic rings. The third-order valence-corrected chi connectivity index (χ3v) is 3.48. The molecule has 3 unspecified atom stereocenters. The van der Waals surface area contributed by atoms with Crippen molar-refractivity contribution in [2.75, 3.05) is 13.7 Å². The van der Waals surface area contributed by atoms with Gasteiger partial charge in [0.25, 0.3) is 0 Å². The summed E-state index contributed by atoms with van der Waals surface area (Å²) in [7, 11) is 1.44. The molecule has 0 radical (unpaired) electrons. The number of rotatable bonds is 4. The van der Waals surface area contributed by atoms with E-state index in [9.17, 15) is 4.79 Å². The molecule has 3 atom stereocenters. The predicted molar refractivity (Wildman–Crippen MR) is 60.3 cm³/mol. The molecule has 1 aliphatic rings. The van der Waals surface area contributed by atoms with E-state index in [2.05, 4.69) is 6.92 Å². The van der Waals surface area contributed by atoms with Gasteiger partial charge in [0.05, 0.1) is 13.0 Å². The Balaban J connectivity index is 2.40. The lowest BCUT2D eigenvalue weighted by Crippen LogP contribution is -2.28. The molecule has 0 bridgehead atoms. The van der Waals surface area contributed by atoms with E-state index in [-0.39, 0.29) is 11.9 Å². The molecule has 3 nitrogen and oxygen atoms in total. The number of hydrogen-bond donors (Lipinski definition) is 1. The average molecular weight is 213 g/mol. The topological polar surface area (TPSA) is 52.3 Å².